The Morgan fingerprint density at radius 1 is 0.432 bits per heavy atom. The van der Waals surface area contributed by atoms with Crippen LogP contribution < -0.4 is 9.79 Å². The van der Waals surface area contributed by atoms with E-state index in [9.17, 15) is 19.6 Å². The van der Waals surface area contributed by atoms with Gasteiger partial charge < -0.3 is 18.8 Å². The van der Waals surface area contributed by atoms with Crippen molar-refractivity contribution in [2.24, 2.45) is 0 Å². The summed E-state index contributed by atoms with van der Waals surface area (Å²) in [5.41, 5.74) is 0. The monoisotopic (exact) mass is 576 g/mol. The molecule has 0 aromatic rings. The molecular formula is C25H58N2O8P2+2. The minimum absolute atomic E-state index is 0.203. The molecule has 0 aliphatic carbocycles. The molecular weight excluding hydrogens is 518 g/mol. The highest BCUT2D eigenvalue weighted by molar-refractivity contribution is 7.53. The Balaban J connectivity index is 3.40. The van der Waals surface area contributed by atoms with Gasteiger partial charge in [0.2, 0.25) is 0 Å². The average molecular weight is 577 g/mol. The molecule has 0 heterocycles. The van der Waals surface area contributed by atoms with E-state index in [1.54, 1.807) is 0 Å². The van der Waals surface area contributed by atoms with Gasteiger partial charge in [0.1, 0.15) is 26.3 Å². The minimum atomic E-state index is -3.93. The average Bonchev–Trinajstić information content (AvgIpc) is 2.73. The van der Waals surface area contributed by atoms with Gasteiger partial charge in [-0.2, -0.15) is 27.9 Å². The summed E-state index contributed by atoms with van der Waals surface area (Å²) in [5, 5.41) is 0. The Morgan fingerprint density at radius 3 is 0.892 bits per heavy atom. The first-order valence-electron chi connectivity index (χ1n) is 14.0. The molecule has 0 rings (SSSR count). The first kappa shape index (κ1) is 37.5. The van der Waals surface area contributed by atoms with Crippen LogP contribution >= 0.6 is 16.3 Å². The van der Waals surface area contributed by atoms with Gasteiger partial charge in [0.25, 0.3) is 0 Å². The highest BCUT2D eigenvalue weighted by Gasteiger charge is 2.28. The van der Waals surface area contributed by atoms with E-state index in [1.165, 1.54) is 44.9 Å². The molecule has 0 radical (unpaired) electrons. The molecule has 0 saturated heterocycles. The molecule has 0 fully saturated rings. The fraction of sp³-hybridized carbons (Fsp3) is 1.00. The lowest BCUT2D eigenvalue weighted by atomic mass is 10.0. The highest BCUT2D eigenvalue weighted by Crippen LogP contribution is 2.48. The second-order valence-electron chi connectivity index (χ2n) is 11.9. The molecule has 0 aliphatic rings. The zero-order valence-corrected chi connectivity index (χ0v) is 26.4. The van der Waals surface area contributed by atoms with Crippen molar-refractivity contribution in [3.63, 3.8) is 0 Å². The van der Waals surface area contributed by atoms with E-state index in [0.29, 0.717) is 22.1 Å². The number of unbranched alkanes of at least 4 members (excludes halogenated alkanes) is 12. The smallest absolute Gasteiger partial charge is 0.377 e. The topological polar surface area (TPSA) is 124 Å². The lowest BCUT2D eigenvalue weighted by Gasteiger charge is -2.25. The van der Waals surface area contributed by atoms with Gasteiger partial charge in [-0.25, -0.2) is 0 Å². The van der Waals surface area contributed by atoms with Crippen molar-refractivity contribution in [1.29, 1.82) is 0 Å². The van der Waals surface area contributed by atoms with Gasteiger partial charge in [0.05, 0.1) is 55.5 Å². The fourth-order valence-corrected chi connectivity index (χ4v) is 4.94. The molecule has 224 valence electrons. The molecule has 0 aliphatic heterocycles. The van der Waals surface area contributed by atoms with Gasteiger partial charge in [-0.05, 0) is 12.8 Å². The van der Waals surface area contributed by atoms with Crippen molar-refractivity contribution in [2.45, 2.75) is 83.5 Å². The summed E-state index contributed by atoms with van der Waals surface area (Å²) in [5.74, 6) is 0. The Labute approximate surface area is 228 Å². The summed E-state index contributed by atoms with van der Waals surface area (Å²) < 4.78 is 21.4. The van der Waals surface area contributed by atoms with E-state index < -0.39 is 16.3 Å². The van der Waals surface area contributed by atoms with Gasteiger partial charge in [-0.3, -0.25) is 0 Å². The van der Waals surface area contributed by atoms with Crippen LogP contribution in [0, 0.1) is 0 Å². The molecule has 2 atom stereocenters. The van der Waals surface area contributed by atoms with Crippen molar-refractivity contribution < 1.29 is 46.6 Å². The Hall–Kier alpha value is 0.460. The lowest BCUT2D eigenvalue weighted by Crippen LogP contribution is -2.38. The molecule has 37 heavy (non-hydrogen) atoms. The second-order valence-corrected chi connectivity index (χ2v) is 14.8. The molecule has 0 aromatic heterocycles. The second kappa shape index (κ2) is 20.4. The molecule has 0 aromatic carbocycles. The van der Waals surface area contributed by atoms with Crippen LogP contribution in [0.1, 0.15) is 83.5 Å². The van der Waals surface area contributed by atoms with Crippen LogP contribution in [-0.4, -0.2) is 101 Å². The number of phosphoric acid groups is 2. The number of rotatable bonds is 26. The van der Waals surface area contributed by atoms with Gasteiger partial charge in [0, 0.05) is 0 Å². The first-order valence-corrected chi connectivity index (χ1v) is 17.0. The highest BCUT2D eigenvalue weighted by atomic mass is 31.2. The van der Waals surface area contributed by atoms with Crippen molar-refractivity contribution in [2.75, 3.05) is 81.8 Å². The van der Waals surface area contributed by atoms with Gasteiger partial charge in [-0.1, -0.05) is 70.6 Å². The Bertz CT molecular complexity index is 498. The summed E-state index contributed by atoms with van der Waals surface area (Å²) in [6, 6.07) is 0. The van der Waals surface area contributed by atoms with Crippen LogP contribution in [0.4, 0.5) is 0 Å². The molecule has 12 heteroatoms. The van der Waals surface area contributed by atoms with E-state index in [-0.39, 0.29) is 26.4 Å². The van der Waals surface area contributed by atoms with Crippen LogP contribution in [0.3, 0.4) is 0 Å². The molecule has 2 unspecified atom stereocenters. The SMILES string of the molecule is C[N+](C)(C)CCO[P+]([O-])(O)OCCCCCCCCCCCCCCCO[P+]([O-])(O)OCC[N+](C)(C)C. The molecule has 0 amide bonds. The molecule has 0 saturated carbocycles. The molecule has 10 nitrogen and oxygen atoms in total. The summed E-state index contributed by atoms with van der Waals surface area (Å²) in [7, 11) is 4.15. The predicted molar refractivity (Wildman–Crippen MR) is 148 cm³/mol. The quantitative estimate of drug-likeness (QED) is 0.0910. The van der Waals surface area contributed by atoms with E-state index >= 15 is 0 Å². The van der Waals surface area contributed by atoms with Gasteiger partial charge in [0.15, 0.2) is 0 Å². The number of quaternary nitrogens is 2. The van der Waals surface area contributed by atoms with Crippen LogP contribution in [0.5, 0.6) is 0 Å². The third-order valence-electron chi connectivity index (χ3n) is 5.83. The van der Waals surface area contributed by atoms with E-state index in [0.717, 1.165) is 38.5 Å². The maximum atomic E-state index is 11.8. The van der Waals surface area contributed by atoms with Gasteiger partial charge >= 0.3 is 16.3 Å². The summed E-state index contributed by atoms with van der Waals surface area (Å²) in [6.45, 7) is 2.22. The van der Waals surface area contributed by atoms with Crippen molar-refractivity contribution in [3.05, 3.63) is 0 Å². The molecule has 0 spiro atoms. The number of hydrogen-bond donors (Lipinski definition) is 2. The number of hydrogen-bond acceptors (Lipinski definition) is 8. The van der Waals surface area contributed by atoms with E-state index in [1.807, 2.05) is 42.3 Å². The van der Waals surface area contributed by atoms with Crippen molar-refractivity contribution >= 4 is 16.3 Å². The number of likely N-dealkylation sites (N-methyl/N-ethyl adjacent to an activating group) is 2. The minimum Gasteiger partial charge on any atom is -0.606 e. The Kier molecular flexibility index (Phi) is 20.6. The summed E-state index contributed by atoms with van der Waals surface area (Å²) >= 11 is 0. The van der Waals surface area contributed by atoms with E-state index in [4.69, 9.17) is 18.1 Å². The van der Waals surface area contributed by atoms with Crippen molar-refractivity contribution in [1.82, 2.24) is 0 Å². The lowest BCUT2D eigenvalue weighted by molar-refractivity contribution is -0.870. The molecule has 2 N–H and O–H groups in total. The predicted octanol–water partition coefficient (Wildman–Crippen LogP) is 3.60. The van der Waals surface area contributed by atoms with Crippen LogP contribution in [0.2, 0.25) is 0 Å². The Morgan fingerprint density at radius 2 is 0.649 bits per heavy atom. The van der Waals surface area contributed by atoms with Gasteiger partial charge in [-0.15, -0.1) is 0 Å². The van der Waals surface area contributed by atoms with E-state index in [2.05, 4.69) is 0 Å². The summed E-state index contributed by atoms with van der Waals surface area (Å²) in [4.78, 5) is 43.0. The number of nitrogens with zero attached hydrogens (tertiary/aromatic N) is 2. The van der Waals surface area contributed by atoms with Crippen LogP contribution in [0.25, 0.3) is 0 Å². The number of phosphoric ester groups is 2. The fourth-order valence-electron chi connectivity index (χ4n) is 3.44. The zero-order chi connectivity index (χ0) is 28.3. The largest absolute Gasteiger partial charge is 0.606 e. The third kappa shape index (κ3) is 29.3. The van der Waals surface area contributed by atoms with Crippen LogP contribution in [-0.2, 0) is 18.1 Å². The zero-order valence-electron chi connectivity index (χ0n) is 24.6. The third-order valence-corrected chi connectivity index (χ3v) is 7.87. The first-order chi connectivity index (χ1) is 17.1. The van der Waals surface area contributed by atoms with Crippen molar-refractivity contribution in [3.8, 4) is 0 Å². The molecule has 0 bridgehead atoms. The maximum absolute atomic E-state index is 11.8. The summed E-state index contributed by atoms with van der Waals surface area (Å²) in [6.07, 6.45) is 14.3. The maximum Gasteiger partial charge on any atom is 0.377 e. The normalized spacial score (nSPS) is 16.1. The standard InChI is InChI=1S/C25H56N2O8P2/c1-26(2,3)20-24-34-36(28,29)32-22-18-16-14-12-10-8-7-9-11-13-15-17-19-23-33-37(30,31)35-25-21-27(4,5)6/h7-25H2,1-6H3/p+2. The van der Waals surface area contributed by atoms with Crippen LogP contribution in [0.15, 0.2) is 0 Å².